The van der Waals surface area contributed by atoms with Crippen molar-refractivity contribution in [2.45, 2.75) is 23.8 Å². The second-order valence-electron chi connectivity index (χ2n) is 15.6. The average Bonchev–Trinajstić information content (AvgIpc) is 3.81. The Kier molecular flexibility index (Phi) is 13.3. The van der Waals surface area contributed by atoms with Gasteiger partial charge in [0.25, 0.3) is 11.8 Å². The third kappa shape index (κ3) is 10.2. The fourth-order valence-electron chi connectivity index (χ4n) is 7.79. The number of hydrogen-bond donors (Lipinski definition) is 4. The summed E-state index contributed by atoms with van der Waals surface area (Å²) in [5, 5.41) is 16.2. The number of sulfone groups is 1. The number of piperidine rings is 1. The van der Waals surface area contributed by atoms with Gasteiger partial charge in [-0.05, 0) is 73.2 Å². The van der Waals surface area contributed by atoms with E-state index in [1.54, 1.807) is 47.0 Å². The van der Waals surface area contributed by atoms with E-state index in [9.17, 15) is 32.4 Å². The smallest absolute Gasteiger partial charge is 0.262 e. The molecule has 3 aliphatic heterocycles. The van der Waals surface area contributed by atoms with E-state index in [1.807, 2.05) is 42.5 Å². The Hall–Kier alpha value is -6.74. The van der Waals surface area contributed by atoms with Crippen LogP contribution in [0.2, 0.25) is 0 Å². The highest BCUT2D eigenvalue weighted by molar-refractivity contribution is 7.90. The number of nitrogens with one attached hydrogen (secondary N) is 4. The number of benzene rings is 3. The van der Waals surface area contributed by atoms with Gasteiger partial charge in [0.2, 0.25) is 23.7 Å². The van der Waals surface area contributed by atoms with Crippen LogP contribution in [0.15, 0.2) is 89.8 Å². The summed E-state index contributed by atoms with van der Waals surface area (Å²) in [6.45, 7) is 5.59. The maximum absolute atomic E-state index is 13.0. The lowest BCUT2D eigenvalue weighted by atomic mass is 10.0. The number of aromatic nitrogens is 3. The number of amides is 5. The average molecular weight is 893 g/mol. The number of pyridine rings is 1. The highest BCUT2D eigenvalue weighted by Crippen LogP contribution is 2.30. The van der Waals surface area contributed by atoms with Crippen LogP contribution in [0, 0.1) is 0 Å². The van der Waals surface area contributed by atoms with Gasteiger partial charge in [-0.2, -0.15) is 4.98 Å². The first kappa shape index (κ1) is 43.9. The zero-order valence-corrected chi connectivity index (χ0v) is 35.9. The minimum Gasteiger partial charge on any atom is -0.383 e. The molecule has 2 saturated heterocycles. The Morgan fingerprint density at radius 1 is 0.812 bits per heavy atom. The minimum atomic E-state index is -3.30. The maximum Gasteiger partial charge on any atom is 0.262 e. The van der Waals surface area contributed by atoms with Crippen molar-refractivity contribution in [3.8, 4) is 11.3 Å². The van der Waals surface area contributed by atoms with E-state index < -0.39 is 39.5 Å². The van der Waals surface area contributed by atoms with Crippen LogP contribution < -0.4 is 26.2 Å². The summed E-state index contributed by atoms with van der Waals surface area (Å²) in [7, 11) is -3.30. The van der Waals surface area contributed by atoms with Crippen molar-refractivity contribution in [1.82, 2.24) is 35.0 Å². The second-order valence-corrected chi connectivity index (χ2v) is 17.6. The minimum absolute atomic E-state index is 0.0606. The standard InChI is InChI=1S/C44H48N10O9S/c1-64(60,61)33-12-5-29(6-13-33)36-3-2-4-38-48-44(50-54(36)38)47-30-7-10-32(11-8-30)52-21-19-51(20-22-52)28-40(56)46-18-24-63-26-25-62-23-17-45-31-9-14-34-35(27-31)43(59)53(42(34)58)37-15-16-39(55)49-41(37)57/h2-14,27,37,45H,15-26,28H2,1H3,(H,46,56)(H,47,50)(H,49,55,57). The van der Waals surface area contributed by atoms with E-state index >= 15 is 0 Å². The van der Waals surface area contributed by atoms with Gasteiger partial charge in [-0.1, -0.05) is 18.2 Å². The van der Waals surface area contributed by atoms with Gasteiger partial charge >= 0.3 is 0 Å². The topological polar surface area (TPSA) is 226 Å². The van der Waals surface area contributed by atoms with Crippen molar-refractivity contribution in [3.63, 3.8) is 0 Å². The molecular weight excluding hydrogens is 845 g/mol. The lowest BCUT2D eigenvalue weighted by Gasteiger charge is -2.35. The molecule has 3 aromatic carbocycles. The molecule has 2 aromatic heterocycles. The van der Waals surface area contributed by atoms with Crippen molar-refractivity contribution in [2.75, 3.05) is 94.0 Å². The molecule has 0 spiro atoms. The molecule has 2 fully saturated rings. The van der Waals surface area contributed by atoms with Crippen molar-refractivity contribution in [3.05, 3.63) is 96.1 Å². The Morgan fingerprint density at radius 3 is 2.23 bits per heavy atom. The van der Waals surface area contributed by atoms with Crippen molar-refractivity contribution in [1.29, 1.82) is 0 Å². The number of fused-ring (bicyclic) bond motifs is 2. The van der Waals surface area contributed by atoms with Gasteiger partial charge in [-0.3, -0.25) is 39.1 Å². The Labute approximate surface area is 369 Å². The first-order valence-corrected chi connectivity index (χ1v) is 22.8. The van der Waals surface area contributed by atoms with Crippen LogP contribution in [0.1, 0.15) is 33.6 Å². The molecule has 0 saturated carbocycles. The molecule has 334 valence electrons. The number of carbonyl (C=O) groups excluding carboxylic acids is 5. The molecule has 4 N–H and O–H groups in total. The van der Waals surface area contributed by atoms with E-state index in [0.717, 1.165) is 53.7 Å². The summed E-state index contributed by atoms with van der Waals surface area (Å²) in [6, 6.07) is 24.2. The molecular formula is C44H48N10O9S. The number of hydrogen-bond acceptors (Lipinski definition) is 15. The summed E-state index contributed by atoms with van der Waals surface area (Å²) in [5.41, 5.74) is 5.19. The molecule has 5 amide bonds. The zero-order valence-electron chi connectivity index (χ0n) is 35.1. The predicted octanol–water partition coefficient (Wildman–Crippen LogP) is 2.33. The van der Waals surface area contributed by atoms with Gasteiger partial charge < -0.3 is 30.3 Å². The van der Waals surface area contributed by atoms with Gasteiger partial charge in [0.15, 0.2) is 15.5 Å². The first-order chi connectivity index (χ1) is 30.9. The number of ether oxygens (including phenoxy) is 2. The molecule has 5 aromatic rings. The lowest BCUT2D eigenvalue weighted by molar-refractivity contribution is -0.136. The molecule has 0 aliphatic carbocycles. The zero-order chi connectivity index (χ0) is 44.8. The summed E-state index contributed by atoms with van der Waals surface area (Å²) < 4.78 is 36.8. The van der Waals surface area contributed by atoms with Crippen molar-refractivity contribution in [2.24, 2.45) is 0 Å². The predicted molar refractivity (Wildman–Crippen MR) is 236 cm³/mol. The first-order valence-electron chi connectivity index (χ1n) is 20.9. The Bertz CT molecular complexity index is 2670. The van der Waals surface area contributed by atoms with Crippen LogP contribution in [0.4, 0.5) is 23.0 Å². The van der Waals surface area contributed by atoms with Crippen molar-refractivity contribution >= 4 is 68.0 Å². The van der Waals surface area contributed by atoms with E-state index in [-0.39, 0.29) is 34.8 Å². The summed E-state index contributed by atoms with van der Waals surface area (Å²) in [5.74, 6) is -1.81. The largest absolute Gasteiger partial charge is 0.383 e. The number of imide groups is 2. The molecule has 3 aliphatic rings. The van der Waals surface area contributed by atoms with Gasteiger partial charge in [0, 0.05) is 74.6 Å². The molecule has 64 heavy (non-hydrogen) atoms. The Morgan fingerprint density at radius 2 is 1.52 bits per heavy atom. The molecule has 1 unspecified atom stereocenters. The van der Waals surface area contributed by atoms with Crippen LogP contribution in [-0.2, 0) is 33.7 Å². The third-order valence-corrected chi connectivity index (χ3v) is 12.3. The number of nitrogens with zero attached hydrogens (tertiary/aromatic N) is 6. The number of carbonyl (C=O) groups is 5. The molecule has 0 radical (unpaired) electrons. The van der Waals surface area contributed by atoms with Gasteiger partial charge in [-0.25, -0.2) is 12.9 Å². The van der Waals surface area contributed by atoms with Gasteiger partial charge in [0.1, 0.15) is 6.04 Å². The summed E-state index contributed by atoms with van der Waals surface area (Å²) >= 11 is 0. The van der Waals surface area contributed by atoms with Crippen LogP contribution in [0.25, 0.3) is 16.9 Å². The maximum atomic E-state index is 13.0. The molecule has 0 bridgehead atoms. The highest BCUT2D eigenvalue weighted by atomic mass is 32.2. The van der Waals surface area contributed by atoms with E-state index in [1.165, 1.54) is 6.26 Å². The third-order valence-electron chi connectivity index (χ3n) is 11.1. The number of rotatable bonds is 18. The fraction of sp³-hybridized carbons (Fsp3) is 0.341. The van der Waals surface area contributed by atoms with Crippen molar-refractivity contribution < 1.29 is 41.9 Å². The molecule has 1 atom stereocenters. The quantitative estimate of drug-likeness (QED) is 0.0732. The number of anilines is 4. The molecule has 5 heterocycles. The summed E-state index contributed by atoms with van der Waals surface area (Å²) in [4.78, 5) is 72.6. The van der Waals surface area contributed by atoms with E-state index in [4.69, 9.17) is 9.47 Å². The van der Waals surface area contributed by atoms with Crippen LogP contribution in [0.3, 0.4) is 0 Å². The normalized spacial score (nSPS) is 16.9. The second kappa shape index (κ2) is 19.3. The van der Waals surface area contributed by atoms with Gasteiger partial charge in [0.05, 0.1) is 54.7 Å². The SMILES string of the molecule is CS(=O)(=O)c1ccc(-c2cccc3nc(Nc4ccc(N5CCN(CC(=O)NCCOCCOCCNc6ccc7c(c6)C(=O)N(C6CCC(=O)NC6=O)C7=O)CC5)cc4)nn23)cc1. The van der Waals surface area contributed by atoms with E-state index in [2.05, 4.69) is 41.1 Å². The molecule has 8 rings (SSSR count). The summed E-state index contributed by atoms with van der Waals surface area (Å²) in [6.07, 6.45) is 1.34. The van der Waals surface area contributed by atoms with Gasteiger partial charge in [-0.15, -0.1) is 5.10 Å². The van der Waals surface area contributed by atoms with Crippen LogP contribution in [0.5, 0.6) is 0 Å². The van der Waals surface area contributed by atoms with Crippen LogP contribution >= 0.6 is 0 Å². The highest BCUT2D eigenvalue weighted by Gasteiger charge is 2.44. The number of piperazine rings is 1. The Balaban J connectivity index is 0.681. The van der Waals surface area contributed by atoms with E-state index in [0.29, 0.717) is 63.3 Å². The fourth-order valence-corrected chi connectivity index (χ4v) is 8.42. The molecule has 19 nitrogen and oxygen atoms in total. The lowest BCUT2D eigenvalue weighted by Crippen LogP contribution is -2.54. The molecule has 20 heteroatoms. The van der Waals surface area contributed by atoms with Crippen LogP contribution in [-0.4, -0.2) is 147 Å². The monoisotopic (exact) mass is 892 g/mol.